The van der Waals surface area contributed by atoms with E-state index in [-0.39, 0.29) is 11.3 Å². The van der Waals surface area contributed by atoms with E-state index in [1.165, 1.54) is 0 Å². The number of carboxylic acid groups (broad SMARTS) is 1. The lowest BCUT2D eigenvalue weighted by Gasteiger charge is -2.42. The zero-order valence-corrected chi connectivity index (χ0v) is 20.1. The highest BCUT2D eigenvalue weighted by atomic mass is 16.4. The maximum atomic E-state index is 12.2. The highest BCUT2D eigenvalue weighted by molar-refractivity contribution is 5.94. The summed E-state index contributed by atoms with van der Waals surface area (Å²) in [5.74, 6) is -0.932. The van der Waals surface area contributed by atoms with Crippen molar-refractivity contribution in [3.8, 4) is 0 Å². The topological polar surface area (TPSA) is 60.9 Å². The number of piperidine rings is 1. The Kier molecular flexibility index (Phi) is 10.4. The van der Waals surface area contributed by atoms with Crippen molar-refractivity contribution in [3.63, 3.8) is 0 Å². The fourth-order valence-electron chi connectivity index (χ4n) is 3.88. The van der Waals surface area contributed by atoms with E-state index in [1.54, 1.807) is 31.1 Å². The molecule has 1 N–H and O–H groups in total. The number of hydrogen-bond donors (Lipinski definition) is 1. The second kappa shape index (κ2) is 12.3. The molecule has 0 unspecified atom stereocenters. The molecular formula is C26H38N2O3. The quantitative estimate of drug-likeness (QED) is 0.734. The van der Waals surface area contributed by atoms with Crippen molar-refractivity contribution in [1.29, 1.82) is 0 Å². The minimum absolute atomic E-state index is 0.0214. The Balaban J connectivity index is 0.00000113. The second-order valence-electron chi connectivity index (χ2n) is 7.55. The van der Waals surface area contributed by atoms with Crippen LogP contribution in [0.15, 0.2) is 48.5 Å². The van der Waals surface area contributed by atoms with E-state index in [1.807, 2.05) is 64.1 Å². The van der Waals surface area contributed by atoms with E-state index in [0.29, 0.717) is 11.1 Å². The Morgan fingerprint density at radius 2 is 1.42 bits per heavy atom. The number of aromatic carboxylic acids is 1. The summed E-state index contributed by atoms with van der Waals surface area (Å²) in [5.41, 5.74) is 2.89. The molecule has 3 rings (SSSR count). The van der Waals surface area contributed by atoms with Crippen molar-refractivity contribution in [2.75, 3.05) is 34.2 Å². The van der Waals surface area contributed by atoms with Gasteiger partial charge in [-0.1, -0.05) is 52.0 Å². The van der Waals surface area contributed by atoms with Crippen LogP contribution in [0.4, 0.5) is 0 Å². The molecule has 1 aliphatic heterocycles. The maximum Gasteiger partial charge on any atom is 0.335 e. The number of benzene rings is 2. The van der Waals surface area contributed by atoms with Gasteiger partial charge in [0.15, 0.2) is 0 Å². The van der Waals surface area contributed by atoms with Crippen LogP contribution in [0.2, 0.25) is 0 Å². The Morgan fingerprint density at radius 1 is 0.871 bits per heavy atom. The summed E-state index contributed by atoms with van der Waals surface area (Å²) in [5, 5.41) is 9.40. The molecule has 0 radical (unpaired) electrons. The van der Waals surface area contributed by atoms with Gasteiger partial charge in [0, 0.05) is 25.1 Å². The first-order valence-corrected chi connectivity index (χ1v) is 11.2. The van der Waals surface area contributed by atoms with Gasteiger partial charge in [0.05, 0.1) is 5.56 Å². The van der Waals surface area contributed by atoms with Crippen LogP contribution in [0.25, 0.3) is 0 Å². The summed E-state index contributed by atoms with van der Waals surface area (Å²) in [6.07, 6.45) is 1.82. The minimum atomic E-state index is -0.910. The fourth-order valence-corrected chi connectivity index (χ4v) is 3.88. The van der Waals surface area contributed by atoms with Crippen molar-refractivity contribution >= 4 is 11.9 Å². The van der Waals surface area contributed by atoms with Gasteiger partial charge in [-0.25, -0.2) is 4.79 Å². The minimum Gasteiger partial charge on any atom is -0.478 e. The largest absolute Gasteiger partial charge is 0.478 e. The lowest BCUT2D eigenvalue weighted by molar-refractivity contribution is 0.0696. The average Bonchev–Trinajstić information content (AvgIpc) is 2.82. The third kappa shape index (κ3) is 6.17. The second-order valence-corrected chi connectivity index (χ2v) is 7.55. The number of rotatable bonds is 4. The van der Waals surface area contributed by atoms with Crippen molar-refractivity contribution in [3.05, 3.63) is 70.8 Å². The normalized spacial score (nSPS) is 14.9. The van der Waals surface area contributed by atoms with Gasteiger partial charge in [0.1, 0.15) is 0 Å². The van der Waals surface area contributed by atoms with Crippen LogP contribution in [-0.2, 0) is 5.41 Å². The molecule has 170 valence electrons. The van der Waals surface area contributed by atoms with Gasteiger partial charge >= 0.3 is 5.97 Å². The van der Waals surface area contributed by atoms with Crippen molar-refractivity contribution < 1.29 is 14.7 Å². The zero-order chi connectivity index (χ0) is 23.6. The molecule has 1 heterocycles. The fraction of sp³-hybridized carbons (Fsp3) is 0.462. The number of carboxylic acids is 1. The average molecular weight is 427 g/mol. The maximum absolute atomic E-state index is 12.2. The summed E-state index contributed by atoms with van der Waals surface area (Å²) < 4.78 is 0. The SMILES string of the molecule is CC.CC.CN1CCC(c2ccc(C(=O)N(C)C)cc2)(c2cccc(C(=O)O)c2)CC1. The van der Waals surface area contributed by atoms with Gasteiger partial charge in [0.2, 0.25) is 0 Å². The molecule has 1 saturated heterocycles. The van der Waals surface area contributed by atoms with Crippen molar-refractivity contribution in [2.45, 2.75) is 46.0 Å². The number of hydrogen-bond acceptors (Lipinski definition) is 3. The van der Waals surface area contributed by atoms with Crippen LogP contribution >= 0.6 is 0 Å². The molecule has 1 fully saturated rings. The molecule has 31 heavy (non-hydrogen) atoms. The lowest BCUT2D eigenvalue weighted by atomic mass is 9.67. The van der Waals surface area contributed by atoms with Crippen LogP contribution in [0.3, 0.4) is 0 Å². The highest BCUT2D eigenvalue weighted by Crippen LogP contribution is 2.42. The van der Waals surface area contributed by atoms with Gasteiger partial charge in [-0.2, -0.15) is 0 Å². The smallest absolute Gasteiger partial charge is 0.335 e. The Morgan fingerprint density at radius 3 is 1.90 bits per heavy atom. The summed E-state index contributed by atoms with van der Waals surface area (Å²) in [7, 11) is 5.59. The molecule has 0 bridgehead atoms. The van der Waals surface area contributed by atoms with Gasteiger partial charge in [-0.3, -0.25) is 4.79 Å². The molecule has 1 amide bonds. The Hall–Kier alpha value is -2.66. The molecule has 0 aromatic heterocycles. The first-order chi connectivity index (χ1) is 14.8. The molecule has 0 aliphatic carbocycles. The summed E-state index contributed by atoms with van der Waals surface area (Å²) in [4.78, 5) is 27.5. The lowest BCUT2D eigenvalue weighted by Crippen LogP contribution is -2.41. The number of carbonyl (C=O) groups excluding carboxylic acids is 1. The van der Waals surface area contributed by atoms with E-state index >= 15 is 0 Å². The monoisotopic (exact) mass is 426 g/mol. The Labute approximate surface area is 187 Å². The van der Waals surface area contributed by atoms with Crippen molar-refractivity contribution in [1.82, 2.24) is 9.80 Å². The zero-order valence-electron chi connectivity index (χ0n) is 20.1. The molecule has 0 saturated carbocycles. The van der Waals surface area contributed by atoms with Gasteiger partial charge in [-0.15, -0.1) is 0 Å². The van der Waals surface area contributed by atoms with E-state index in [2.05, 4.69) is 11.9 Å². The summed E-state index contributed by atoms with van der Waals surface area (Å²) in [6, 6.07) is 15.1. The van der Waals surface area contributed by atoms with Crippen LogP contribution in [0.5, 0.6) is 0 Å². The molecular weight excluding hydrogens is 388 g/mol. The predicted octanol–water partition coefficient (Wildman–Crippen LogP) is 5.15. The van der Waals surface area contributed by atoms with E-state index in [9.17, 15) is 14.7 Å². The van der Waals surface area contributed by atoms with Crippen LogP contribution in [0, 0.1) is 0 Å². The molecule has 2 aromatic carbocycles. The van der Waals surface area contributed by atoms with Crippen molar-refractivity contribution in [2.24, 2.45) is 0 Å². The Bertz CT molecular complexity index is 836. The number of nitrogens with zero attached hydrogens (tertiary/aromatic N) is 2. The first kappa shape index (κ1) is 26.4. The third-order valence-electron chi connectivity index (χ3n) is 5.59. The molecule has 2 aromatic rings. The highest BCUT2D eigenvalue weighted by Gasteiger charge is 2.37. The van der Waals surface area contributed by atoms with Crippen LogP contribution in [-0.4, -0.2) is 61.0 Å². The standard InChI is InChI=1S/C22H26N2O3.2C2H6/c1-23(2)20(25)16-7-9-18(10-8-16)22(11-13-24(3)14-12-22)19-6-4-5-17(15-19)21(26)27;2*1-2/h4-10,15H,11-14H2,1-3H3,(H,26,27);2*1-2H3. The van der Waals surface area contributed by atoms with E-state index in [4.69, 9.17) is 0 Å². The van der Waals surface area contributed by atoms with Gasteiger partial charge < -0.3 is 14.9 Å². The predicted molar refractivity (Wildman–Crippen MR) is 128 cm³/mol. The number of likely N-dealkylation sites (tertiary alicyclic amines) is 1. The molecule has 5 nitrogen and oxygen atoms in total. The van der Waals surface area contributed by atoms with Crippen LogP contribution < -0.4 is 0 Å². The number of carbonyl (C=O) groups is 2. The molecule has 1 aliphatic rings. The van der Waals surface area contributed by atoms with E-state index < -0.39 is 5.97 Å². The summed E-state index contributed by atoms with van der Waals surface area (Å²) >= 11 is 0. The van der Waals surface area contributed by atoms with Gasteiger partial charge in [0.25, 0.3) is 5.91 Å². The van der Waals surface area contributed by atoms with Gasteiger partial charge in [-0.05, 0) is 68.4 Å². The molecule has 5 heteroatoms. The summed E-state index contributed by atoms with van der Waals surface area (Å²) in [6.45, 7) is 9.88. The number of amides is 1. The third-order valence-corrected chi connectivity index (χ3v) is 5.59. The van der Waals surface area contributed by atoms with E-state index in [0.717, 1.165) is 37.1 Å². The van der Waals surface area contributed by atoms with Crippen LogP contribution in [0.1, 0.15) is 72.4 Å². The first-order valence-electron chi connectivity index (χ1n) is 11.2. The molecule has 0 atom stereocenters. The molecule has 0 spiro atoms.